The third-order valence-corrected chi connectivity index (χ3v) is 11.8. The maximum atomic E-state index is 13.5. The molecule has 0 aliphatic carbocycles. The molecule has 13 nitrogen and oxygen atoms in total. The van der Waals surface area contributed by atoms with Gasteiger partial charge in [-0.2, -0.15) is 0 Å². The fraction of sp³-hybridized carbons (Fsp3) is 0.356. The Kier molecular flexibility index (Phi) is 12.4. The number of carbonyl (C=O) groups excluding carboxylic acids is 2. The lowest BCUT2D eigenvalue weighted by Crippen LogP contribution is -2.49. The highest BCUT2D eigenvalue weighted by molar-refractivity contribution is 7.92. The third-order valence-electron chi connectivity index (χ3n) is 11.3. The standard InChI is InChI=1S/C45H53N7O6S/c1-44(2,3)29-25-36(41(57-5)37(26-29)51-59(6)55)50-43(54)49-35-13-14-38(33-10-8-7-9-32(33)35)58-31-15-20-46-40(28-31)48-30-11-12-34(39(27-30)56-4)42(53)47-21-16-45-17-22-52(23-18-45)24-19-45/h7-15,20,25-28,51H,16-19,21-24H2,1-6H3,(H,46,48)(H,47,53)(H2,49,50,54). The average Bonchev–Trinajstić information content (AvgIpc) is 3.21. The summed E-state index contributed by atoms with van der Waals surface area (Å²) in [6.07, 6.45) is 7.82. The number of ether oxygens (including phenoxy) is 3. The predicted octanol–water partition coefficient (Wildman–Crippen LogP) is 9.04. The summed E-state index contributed by atoms with van der Waals surface area (Å²) in [5.41, 5.74) is 3.72. The van der Waals surface area contributed by atoms with E-state index in [1.807, 2.05) is 42.5 Å². The van der Waals surface area contributed by atoms with Gasteiger partial charge in [-0.05, 0) is 104 Å². The zero-order valence-corrected chi connectivity index (χ0v) is 35.3. The molecule has 3 fully saturated rings. The van der Waals surface area contributed by atoms with Crippen LogP contribution in [-0.4, -0.2) is 73.0 Å². The van der Waals surface area contributed by atoms with Crippen molar-refractivity contribution in [3.63, 3.8) is 0 Å². The van der Waals surface area contributed by atoms with Gasteiger partial charge in [0, 0.05) is 41.3 Å². The summed E-state index contributed by atoms with van der Waals surface area (Å²) in [5.74, 6) is 2.34. The van der Waals surface area contributed by atoms with Crippen LogP contribution in [0.5, 0.6) is 23.0 Å². The van der Waals surface area contributed by atoms with E-state index >= 15 is 0 Å². The van der Waals surface area contributed by atoms with Gasteiger partial charge in [-0.25, -0.2) is 14.5 Å². The number of urea groups is 1. The maximum absolute atomic E-state index is 13.5. The quantitative estimate of drug-likeness (QED) is 0.0684. The van der Waals surface area contributed by atoms with Crippen molar-refractivity contribution in [3.8, 4) is 23.0 Å². The summed E-state index contributed by atoms with van der Waals surface area (Å²) in [5, 5.41) is 13.9. The minimum absolute atomic E-state index is 0.148. The van der Waals surface area contributed by atoms with E-state index in [0.717, 1.165) is 22.8 Å². The molecule has 14 heteroatoms. The summed E-state index contributed by atoms with van der Waals surface area (Å²) >= 11 is -1.36. The molecule has 1 aromatic heterocycles. The molecule has 2 bridgehead atoms. The number of amides is 3. The van der Waals surface area contributed by atoms with E-state index in [-0.39, 0.29) is 11.3 Å². The molecule has 4 aromatic carbocycles. The minimum Gasteiger partial charge on any atom is -0.593 e. The van der Waals surface area contributed by atoms with Gasteiger partial charge in [0.25, 0.3) is 5.91 Å². The Labute approximate surface area is 348 Å². The number of piperidine rings is 3. The maximum Gasteiger partial charge on any atom is 0.323 e. The zero-order valence-electron chi connectivity index (χ0n) is 34.5. The first-order valence-corrected chi connectivity index (χ1v) is 21.4. The van der Waals surface area contributed by atoms with Crippen LogP contribution < -0.4 is 40.2 Å². The lowest BCUT2D eigenvalue weighted by Gasteiger charge is -2.48. The van der Waals surface area contributed by atoms with Crippen molar-refractivity contribution < 1.29 is 28.4 Å². The largest absolute Gasteiger partial charge is 0.593 e. The molecule has 1 atom stereocenters. The topological polar surface area (TPSA) is 161 Å². The van der Waals surface area contributed by atoms with Crippen LogP contribution in [0, 0.1) is 5.41 Å². The summed E-state index contributed by atoms with van der Waals surface area (Å²) < 4.78 is 32.7. The number of methoxy groups -OCH3 is 2. The summed E-state index contributed by atoms with van der Waals surface area (Å²) in [6, 6.07) is 23.4. The lowest BCUT2D eigenvalue weighted by molar-refractivity contribution is 0.0202. The van der Waals surface area contributed by atoms with Gasteiger partial charge in [0.2, 0.25) is 0 Å². The van der Waals surface area contributed by atoms with Crippen molar-refractivity contribution in [2.24, 2.45) is 5.41 Å². The molecule has 310 valence electrons. The van der Waals surface area contributed by atoms with Crippen LogP contribution in [0.4, 0.5) is 33.4 Å². The smallest absolute Gasteiger partial charge is 0.323 e. The van der Waals surface area contributed by atoms with Crippen molar-refractivity contribution in [2.75, 3.05) is 67.3 Å². The molecule has 5 N–H and O–H groups in total. The second-order valence-electron chi connectivity index (χ2n) is 16.3. The molecular weight excluding hydrogens is 767 g/mol. The monoisotopic (exact) mass is 819 g/mol. The van der Waals surface area contributed by atoms with E-state index in [9.17, 15) is 14.1 Å². The highest BCUT2D eigenvalue weighted by Gasteiger charge is 2.38. The first-order valence-electron chi connectivity index (χ1n) is 19.8. The second-order valence-corrected chi connectivity index (χ2v) is 17.4. The molecule has 4 heterocycles. The fourth-order valence-corrected chi connectivity index (χ4v) is 8.39. The molecule has 3 saturated heterocycles. The van der Waals surface area contributed by atoms with Gasteiger partial charge in [0.05, 0.1) is 42.5 Å². The highest BCUT2D eigenvalue weighted by atomic mass is 32.2. The number of rotatable bonds is 14. The summed E-state index contributed by atoms with van der Waals surface area (Å²) in [6.45, 7) is 10.3. The number of carbonyl (C=O) groups is 2. The predicted molar refractivity (Wildman–Crippen MR) is 236 cm³/mol. The summed E-state index contributed by atoms with van der Waals surface area (Å²) in [7, 11) is 3.06. The van der Waals surface area contributed by atoms with E-state index in [4.69, 9.17) is 14.2 Å². The first kappa shape index (κ1) is 41.5. The van der Waals surface area contributed by atoms with Gasteiger partial charge in [-0.15, -0.1) is 0 Å². The molecule has 5 aromatic rings. The molecule has 59 heavy (non-hydrogen) atoms. The van der Waals surface area contributed by atoms with Crippen LogP contribution in [0.2, 0.25) is 0 Å². The third kappa shape index (κ3) is 9.78. The SMILES string of the molecule is COc1cc(Nc2cc(Oc3ccc(NC(=O)Nc4cc(C(C)(C)C)cc(N[S+](C)[O-])c4OC)c4ccccc34)ccn2)ccc1C(=O)NCCC12CCN(CC1)CC2. The van der Waals surface area contributed by atoms with Gasteiger partial charge < -0.3 is 44.9 Å². The van der Waals surface area contributed by atoms with E-state index < -0.39 is 17.4 Å². The normalized spacial score (nSPS) is 17.8. The summed E-state index contributed by atoms with van der Waals surface area (Å²) in [4.78, 5) is 33.8. The lowest BCUT2D eigenvalue weighted by atomic mass is 9.70. The van der Waals surface area contributed by atoms with Crippen LogP contribution in [0.25, 0.3) is 10.8 Å². The van der Waals surface area contributed by atoms with E-state index in [1.165, 1.54) is 52.3 Å². The molecule has 3 amide bonds. The molecule has 0 spiro atoms. The number of nitrogens with one attached hydrogen (secondary N) is 5. The van der Waals surface area contributed by atoms with Crippen molar-refractivity contribution >= 4 is 62.6 Å². The Hall–Kier alpha value is -5.70. The van der Waals surface area contributed by atoms with Crippen molar-refractivity contribution in [2.45, 2.75) is 51.9 Å². The molecule has 0 radical (unpaired) electrons. The van der Waals surface area contributed by atoms with E-state index in [2.05, 4.69) is 56.6 Å². The van der Waals surface area contributed by atoms with E-state index in [0.29, 0.717) is 69.1 Å². The number of fused-ring (bicyclic) bond motifs is 4. The second kappa shape index (κ2) is 17.7. The van der Waals surface area contributed by atoms with Crippen molar-refractivity contribution in [3.05, 3.63) is 96.2 Å². The van der Waals surface area contributed by atoms with Gasteiger partial charge in [-0.3, -0.25) is 4.79 Å². The van der Waals surface area contributed by atoms with Gasteiger partial charge in [0.1, 0.15) is 35.0 Å². The van der Waals surface area contributed by atoms with Crippen LogP contribution in [-0.2, 0) is 16.8 Å². The number of hydrogen-bond donors (Lipinski definition) is 5. The van der Waals surface area contributed by atoms with Crippen LogP contribution >= 0.6 is 0 Å². The van der Waals surface area contributed by atoms with Gasteiger partial charge >= 0.3 is 6.03 Å². The van der Waals surface area contributed by atoms with Gasteiger partial charge in [-0.1, -0.05) is 45.0 Å². The molecule has 8 rings (SSSR count). The number of benzene rings is 4. The molecule has 0 saturated carbocycles. The average molecular weight is 820 g/mol. The number of nitrogens with zero attached hydrogens (tertiary/aromatic N) is 2. The molecule has 1 unspecified atom stereocenters. The molecule has 3 aliphatic rings. The Bertz CT molecular complexity index is 2310. The van der Waals surface area contributed by atoms with Crippen LogP contribution in [0.3, 0.4) is 0 Å². The molecule has 3 aliphatic heterocycles. The van der Waals surface area contributed by atoms with Crippen molar-refractivity contribution in [1.29, 1.82) is 0 Å². The fourth-order valence-electron chi connectivity index (χ4n) is 7.93. The Morgan fingerprint density at radius 2 is 1.56 bits per heavy atom. The van der Waals surface area contributed by atoms with Crippen LogP contribution in [0.1, 0.15) is 62.4 Å². The Morgan fingerprint density at radius 1 is 0.847 bits per heavy atom. The van der Waals surface area contributed by atoms with Crippen LogP contribution in [0.15, 0.2) is 85.1 Å². The molecular formula is C45H53N7O6S. The van der Waals surface area contributed by atoms with E-state index in [1.54, 1.807) is 49.7 Å². The number of anilines is 5. The number of hydrogen-bond acceptors (Lipinski definition) is 10. The number of aromatic nitrogens is 1. The van der Waals surface area contributed by atoms with Gasteiger partial charge in [0.15, 0.2) is 5.75 Å². The zero-order chi connectivity index (χ0) is 41.7. The Morgan fingerprint density at radius 3 is 2.25 bits per heavy atom. The highest BCUT2D eigenvalue weighted by Crippen LogP contribution is 2.43. The number of pyridine rings is 1. The first-order chi connectivity index (χ1) is 28.3. The Balaban J connectivity index is 1.02. The minimum atomic E-state index is -1.36. The van der Waals surface area contributed by atoms with Crippen molar-refractivity contribution in [1.82, 2.24) is 15.2 Å².